The topological polar surface area (TPSA) is 75.5 Å². The average Bonchev–Trinajstić information content (AvgIpc) is 2.33. The van der Waals surface area contributed by atoms with E-state index < -0.39 is 0 Å². The fourth-order valence-corrected chi connectivity index (χ4v) is 1.79. The van der Waals surface area contributed by atoms with Crippen molar-refractivity contribution in [3.8, 4) is 0 Å². The highest BCUT2D eigenvalue weighted by Crippen LogP contribution is 2.23. The molecule has 19 heavy (non-hydrogen) atoms. The molecular weight excluding hydrogens is 246 g/mol. The second-order valence-corrected chi connectivity index (χ2v) is 4.49. The highest BCUT2D eigenvalue weighted by atomic mass is 16.6. The minimum absolute atomic E-state index is 0.0335. The van der Waals surface area contributed by atoms with Crippen molar-refractivity contribution in [1.29, 1.82) is 0 Å². The third-order valence-electron chi connectivity index (χ3n) is 2.86. The third-order valence-corrected chi connectivity index (χ3v) is 2.86. The Bertz CT molecular complexity index is 474. The number of carbonyl (C=O) groups excluding carboxylic acids is 1. The van der Waals surface area contributed by atoms with Crippen LogP contribution in [0.1, 0.15) is 18.9 Å². The van der Waals surface area contributed by atoms with E-state index in [-0.39, 0.29) is 16.5 Å². The molecule has 1 aromatic carbocycles. The number of carbonyl (C=O) groups is 1. The van der Waals surface area contributed by atoms with Gasteiger partial charge < -0.3 is 10.2 Å². The lowest BCUT2D eigenvalue weighted by atomic mass is 10.1. The molecule has 0 bridgehead atoms. The van der Waals surface area contributed by atoms with Crippen LogP contribution in [0, 0.1) is 17.0 Å². The molecule has 6 heteroatoms. The first-order valence-corrected chi connectivity index (χ1v) is 6.12. The zero-order valence-electron chi connectivity index (χ0n) is 11.5. The van der Waals surface area contributed by atoms with E-state index in [1.807, 2.05) is 11.9 Å². The number of rotatable bonds is 6. The van der Waals surface area contributed by atoms with Crippen molar-refractivity contribution in [2.75, 3.05) is 25.0 Å². The van der Waals surface area contributed by atoms with Crippen molar-refractivity contribution < 1.29 is 9.72 Å². The highest BCUT2D eigenvalue weighted by Gasteiger charge is 2.11. The lowest BCUT2D eigenvalue weighted by Gasteiger charge is -2.19. The predicted molar refractivity (Wildman–Crippen MR) is 74.4 cm³/mol. The van der Waals surface area contributed by atoms with Crippen molar-refractivity contribution in [1.82, 2.24) is 5.32 Å². The summed E-state index contributed by atoms with van der Waals surface area (Å²) < 4.78 is 0. The van der Waals surface area contributed by atoms with Crippen LogP contribution in [0.3, 0.4) is 0 Å². The number of aryl methyl sites for hydroxylation is 1. The normalized spacial score (nSPS) is 10.1. The first kappa shape index (κ1) is 14.9. The number of nitrogens with one attached hydrogen (secondary N) is 1. The van der Waals surface area contributed by atoms with Gasteiger partial charge >= 0.3 is 0 Å². The molecule has 0 aliphatic heterocycles. The van der Waals surface area contributed by atoms with E-state index in [1.54, 1.807) is 19.1 Å². The van der Waals surface area contributed by atoms with Gasteiger partial charge in [-0.25, -0.2) is 0 Å². The van der Waals surface area contributed by atoms with Crippen LogP contribution in [-0.2, 0) is 4.79 Å². The molecule has 0 aromatic heterocycles. The van der Waals surface area contributed by atoms with Gasteiger partial charge in [0.1, 0.15) is 0 Å². The molecule has 0 aliphatic rings. The first-order valence-electron chi connectivity index (χ1n) is 6.12. The third kappa shape index (κ3) is 4.57. The molecule has 0 saturated heterocycles. The number of nitro benzene ring substituents is 1. The summed E-state index contributed by atoms with van der Waals surface area (Å²) in [5, 5.41) is 13.5. The summed E-state index contributed by atoms with van der Waals surface area (Å²) in [6.45, 7) is 4.62. The maximum atomic E-state index is 10.7. The predicted octanol–water partition coefficient (Wildman–Crippen LogP) is 1.87. The number of nitro groups is 1. The van der Waals surface area contributed by atoms with E-state index in [0.29, 0.717) is 12.1 Å². The zero-order chi connectivity index (χ0) is 14.4. The summed E-state index contributed by atoms with van der Waals surface area (Å²) >= 11 is 0. The average molecular weight is 265 g/mol. The van der Waals surface area contributed by atoms with Crippen LogP contribution in [-0.4, -0.2) is 31.0 Å². The summed E-state index contributed by atoms with van der Waals surface area (Å²) in [7, 11) is 1.92. The Morgan fingerprint density at radius 3 is 2.68 bits per heavy atom. The fraction of sp³-hybridized carbons (Fsp3) is 0.462. The Labute approximate surface area is 112 Å². The van der Waals surface area contributed by atoms with E-state index in [0.717, 1.165) is 18.7 Å². The van der Waals surface area contributed by atoms with Crippen LogP contribution in [0.25, 0.3) is 0 Å². The number of hydrogen-bond acceptors (Lipinski definition) is 4. The number of anilines is 1. The summed E-state index contributed by atoms with van der Waals surface area (Å²) in [4.78, 5) is 23.1. The number of benzene rings is 1. The largest absolute Gasteiger partial charge is 0.375 e. The summed E-state index contributed by atoms with van der Waals surface area (Å²) in [5.74, 6) is -0.0335. The molecular formula is C13H19N3O3. The smallest absolute Gasteiger partial charge is 0.272 e. The molecule has 0 heterocycles. The van der Waals surface area contributed by atoms with Crippen LogP contribution in [0.5, 0.6) is 0 Å². The molecule has 0 fully saturated rings. The van der Waals surface area contributed by atoms with Gasteiger partial charge in [0.2, 0.25) is 5.91 Å². The fourth-order valence-electron chi connectivity index (χ4n) is 1.79. The van der Waals surface area contributed by atoms with Crippen molar-refractivity contribution in [2.24, 2.45) is 0 Å². The summed E-state index contributed by atoms with van der Waals surface area (Å²) in [6, 6.07) is 5.06. The van der Waals surface area contributed by atoms with Crippen molar-refractivity contribution >= 4 is 17.3 Å². The maximum absolute atomic E-state index is 10.7. The lowest BCUT2D eigenvalue weighted by molar-refractivity contribution is -0.385. The molecule has 0 aliphatic carbocycles. The van der Waals surface area contributed by atoms with E-state index >= 15 is 0 Å². The van der Waals surface area contributed by atoms with Crippen LogP contribution in [0.4, 0.5) is 11.4 Å². The van der Waals surface area contributed by atoms with Gasteiger partial charge in [0, 0.05) is 44.4 Å². The zero-order valence-corrected chi connectivity index (χ0v) is 11.5. The van der Waals surface area contributed by atoms with E-state index in [2.05, 4.69) is 5.32 Å². The molecule has 0 radical (unpaired) electrons. The van der Waals surface area contributed by atoms with Gasteiger partial charge in [-0.1, -0.05) is 0 Å². The molecule has 1 aromatic rings. The van der Waals surface area contributed by atoms with Gasteiger partial charge in [0.15, 0.2) is 0 Å². The van der Waals surface area contributed by atoms with Crippen LogP contribution in [0.15, 0.2) is 18.2 Å². The maximum Gasteiger partial charge on any atom is 0.272 e. The number of amides is 1. The molecule has 6 nitrogen and oxygen atoms in total. The minimum atomic E-state index is -0.379. The Morgan fingerprint density at radius 2 is 2.16 bits per heavy atom. The van der Waals surface area contributed by atoms with Gasteiger partial charge in [-0.2, -0.15) is 0 Å². The minimum Gasteiger partial charge on any atom is -0.375 e. The standard InChI is InChI=1S/C13H19N3O3/c1-10-9-12(5-6-13(10)16(18)19)15(3)8-4-7-14-11(2)17/h5-6,9H,4,7-8H2,1-3H3,(H,14,17). The summed E-state index contributed by atoms with van der Waals surface area (Å²) in [5.41, 5.74) is 1.72. The van der Waals surface area contributed by atoms with Gasteiger partial charge in [0.05, 0.1) is 4.92 Å². The van der Waals surface area contributed by atoms with Crippen molar-refractivity contribution in [3.05, 3.63) is 33.9 Å². The van der Waals surface area contributed by atoms with E-state index in [1.165, 1.54) is 13.0 Å². The Morgan fingerprint density at radius 1 is 1.47 bits per heavy atom. The Balaban J connectivity index is 2.57. The van der Waals surface area contributed by atoms with Crippen molar-refractivity contribution in [2.45, 2.75) is 20.3 Å². The van der Waals surface area contributed by atoms with Crippen molar-refractivity contribution in [3.63, 3.8) is 0 Å². The monoisotopic (exact) mass is 265 g/mol. The van der Waals surface area contributed by atoms with Crippen LogP contribution in [0.2, 0.25) is 0 Å². The van der Waals surface area contributed by atoms with Gasteiger partial charge in [-0.3, -0.25) is 14.9 Å². The van der Waals surface area contributed by atoms with Crippen LogP contribution >= 0.6 is 0 Å². The highest BCUT2D eigenvalue weighted by molar-refractivity contribution is 5.72. The van der Waals surface area contributed by atoms with E-state index in [9.17, 15) is 14.9 Å². The summed E-state index contributed by atoms with van der Waals surface area (Å²) in [6.07, 6.45) is 0.826. The van der Waals surface area contributed by atoms with Gasteiger partial charge in [-0.15, -0.1) is 0 Å². The van der Waals surface area contributed by atoms with Gasteiger partial charge in [0.25, 0.3) is 5.69 Å². The number of nitrogens with zero attached hydrogens (tertiary/aromatic N) is 2. The van der Waals surface area contributed by atoms with Crippen LogP contribution < -0.4 is 10.2 Å². The second-order valence-electron chi connectivity index (χ2n) is 4.49. The Hall–Kier alpha value is -2.11. The van der Waals surface area contributed by atoms with Gasteiger partial charge in [-0.05, 0) is 25.5 Å². The number of hydrogen-bond donors (Lipinski definition) is 1. The second kappa shape index (κ2) is 6.72. The molecule has 1 N–H and O–H groups in total. The quantitative estimate of drug-likeness (QED) is 0.484. The molecule has 0 saturated carbocycles. The van der Waals surface area contributed by atoms with E-state index in [4.69, 9.17) is 0 Å². The molecule has 1 amide bonds. The lowest BCUT2D eigenvalue weighted by Crippen LogP contribution is -2.26. The molecule has 0 spiro atoms. The molecule has 1 rings (SSSR count). The molecule has 0 atom stereocenters. The molecule has 0 unspecified atom stereocenters. The molecule has 104 valence electrons. The Kier molecular flexibility index (Phi) is 5.29. The first-order chi connectivity index (χ1) is 8.91. The SMILES string of the molecule is CC(=O)NCCCN(C)c1ccc([N+](=O)[O-])c(C)c1.